The molecule has 196 valence electrons. The topological polar surface area (TPSA) is 62.3 Å². The summed E-state index contributed by atoms with van der Waals surface area (Å²) in [5.41, 5.74) is 3.60. The van der Waals surface area contributed by atoms with Gasteiger partial charge in [0, 0.05) is 37.8 Å². The van der Waals surface area contributed by atoms with Gasteiger partial charge in [-0.2, -0.15) is 0 Å². The number of methoxy groups -OCH3 is 2. The molecule has 0 aromatic heterocycles. The molecular formula is C30H30ClN3O4. The van der Waals surface area contributed by atoms with E-state index in [9.17, 15) is 9.59 Å². The van der Waals surface area contributed by atoms with Crippen LogP contribution in [0.2, 0.25) is 0 Å². The van der Waals surface area contributed by atoms with Crippen molar-refractivity contribution in [2.45, 2.75) is 6.54 Å². The smallest absolute Gasteiger partial charge is 0.263 e. The predicted molar refractivity (Wildman–Crippen MR) is 149 cm³/mol. The first-order valence-corrected chi connectivity index (χ1v) is 12.9. The molecule has 5 rings (SSSR count). The zero-order valence-corrected chi connectivity index (χ0v) is 22.3. The first-order valence-electron chi connectivity index (χ1n) is 12.6. The third kappa shape index (κ3) is 5.26. The molecule has 3 aromatic rings. The minimum Gasteiger partial charge on any atom is -0.493 e. The molecule has 3 aromatic carbocycles. The number of piperazine rings is 1. The molecule has 7 nitrogen and oxygen atoms in total. The molecule has 8 heteroatoms. The van der Waals surface area contributed by atoms with Crippen LogP contribution in [0.15, 0.2) is 71.8 Å². The molecule has 0 atom stereocenters. The Morgan fingerprint density at radius 3 is 2.32 bits per heavy atom. The maximum Gasteiger partial charge on any atom is 0.263 e. The number of carbonyl (C=O) groups is 2. The highest BCUT2D eigenvalue weighted by molar-refractivity contribution is 6.31. The summed E-state index contributed by atoms with van der Waals surface area (Å²) in [7, 11) is 3.13. The maximum absolute atomic E-state index is 13.5. The first kappa shape index (κ1) is 25.8. The standard InChI is InChI=1S/C30H30ClN3O4/c1-37-26-12-11-22(18-27(26)38-2)19-34-29(35)24-9-6-10-25(28(24)30(34)36)33-15-13-32(14-16-33)20-23(31)17-21-7-4-3-5-8-21/h3-12,17-18H,13-16,19-20H2,1-2H3. The molecule has 0 spiro atoms. The third-order valence-corrected chi connectivity index (χ3v) is 7.20. The molecule has 0 N–H and O–H groups in total. The van der Waals surface area contributed by atoms with Gasteiger partial charge in [-0.15, -0.1) is 0 Å². The quantitative estimate of drug-likeness (QED) is 0.385. The summed E-state index contributed by atoms with van der Waals surface area (Å²) in [4.78, 5) is 32.6. The lowest BCUT2D eigenvalue weighted by molar-refractivity contribution is 0.0642. The van der Waals surface area contributed by atoms with Crippen LogP contribution in [0.5, 0.6) is 11.5 Å². The number of anilines is 1. The monoisotopic (exact) mass is 531 g/mol. The van der Waals surface area contributed by atoms with Crippen LogP contribution in [-0.4, -0.2) is 68.6 Å². The summed E-state index contributed by atoms with van der Waals surface area (Å²) in [6.45, 7) is 3.92. The fraction of sp³-hybridized carbons (Fsp3) is 0.267. The van der Waals surface area contributed by atoms with Crippen molar-refractivity contribution in [2.24, 2.45) is 0 Å². The summed E-state index contributed by atoms with van der Waals surface area (Å²) in [6.07, 6.45) is 2.00. The van der Waals surface area contributed by atoms with Gasteiger partial charge in [0.25, 0.3) is 11.8 Å². The van der Waals surface area contributed by atoms with Crippen molar-refractivity contribution >= 4 is 35.2 Å². The second kappa shape index (κ2) is 11.3. The Balaban J connectivity index is 1.28. The highest BCUT2D eigenvalue weighted by atomic mass is 35.5. The number of fused-ring (bicyclic) bond motifs is 1. The second-order valence-electron chi connectivity index (χ2n) is 9.35. The molecule has 0 aliphatic carbocycles. The number of amides is 2. The van der Waals surface area contributed by atoms with Gasteiger partial charge in [-0.1, -0.05) is 54.1 Å². The number of rotatable bonds is 8. The SMILES string of the molecule is COc1ccc(CN2C(=O)c3cccc(N4CCN(CC(Cl)=Cc5ccccc5)CC4)c3C2=O)cc1OC. The normalized spacial score (nSPS) is 16.1. The first-order chi connectivity index (χ1) is 18.5. The fourth-order valence-corrected chi connectivity index (χ4v) is 5.32. The van der Waals surface area contributed by atoms with Crippen molar-refractivity contribution in [3.05, 3.63) is 94.0 Å². The number of hydrogen-bond acceptors (Lipinski definition) is 6. The van der Waals surface area contributed by atoms with Crippen LogP contribution in [0.25, 0.3) is 6.08 Å². The van der Waals surface area contributed by atoms with Crippen molar-refractivity contribution in [2.75, 3.05) is 51.8 Å². The highest BCUT2D eigenvalue weighted by Crippen LogP contribution is 2.34. The summed E-state index contributed by atoms with van der Waals surface area (Å²) in [5, 5.41) is 0.789. The Labute approximate surface area is 227 Å². The van der Waals surface area contributed by atoms with E-state index >= 15 is 0 Å². The molecule has 0 saturated carbocycles. The van der Waals surface area contributed by atoms with Gasteiger partial charge in [0.15, 0.2) is 11.5 Å². The molecular weight excluding hydrogens is 502 g/mol. The summed E-state index contributed by atoms with van der Waals surface area (Å²) >= 11 is 6.54. The lowest BCUT2D eigenvalue weighted by Crippen LogP contribution is -2.47. The van der Waals surface area contributed by atoms with Crippen LogP contribution in [0, 0.1) is 0 Å². The summed E-state index contributed by atoms with van der Waals surface area (Å²) in [5.74, 6) is 0.598. The number of benzene rings is 3. The van der Waals surface area contributed by atoms with Crippen molar-refractivity contribution in [1.82, 2.24) is 9.80 Å². The van der Waals surface area contributed by atoms with Crippen molar-refractivity contribution in [1.29, 1.82) is 0 Å². The molecule has 2 amide bonds. The lowest BCUT2D eigenvalue weighted by atomic mass is 10.1. The van der Waals surface area contributed by atoms with Gasteiger partial charge in [0.1, 0.15) is 0 Å². The zero-order chi connectivity index (χ0) is 26.6. The average Bonchev–Trinajstić information content (AvgIpc) is 3.18. The van der Waals surface area contributed by atoms with E-state index in [-0.39, 0.29) is 18.4 Å². The minimum absolute atomic E-state index is 0.159. The van der Waals surface area contributed by atoms with E-state index in [1.54, 1.807) is 32.4 Å². The number of hydrogen-bond donors (Lipinski definition) is 0. The molecule has 2 aliphatic rings. The maximum atomic E-state index is 13.5. The van der Waals surface area contributed by atoms with Gasteiger partial charge in [0.05, 0.1) is 37.6 Å². The molecule has 2 heterocycles. The molecule has 0 bridgehead atoms. The highest BCUT2D eigenvalue weighted by Gasteiger charge is 2.38. The predicted octanol–water partition coefficient (Wildman–Crippen LogP) is 4.90. The van der Waals surface area contributed by atoms with Crippen molar-refractivity contribution < 1.29 is 19.1 Å². The second-order valence-corrected chi connectivity index (χ2v) is 9.84. The van der Waals surface area contributed by atoms with Crippen LogP contribution in [-0.2, 0) is 6.54 Å². The Morgan fingerprint density at radius 1 is 0.868 bits per heavy atom. The molecule has 1 fully saturated rings. The van der Waals surface area contributed by atoms with Crippen LogP contribution >= 0.6 is 11.6 Å². The molecule has 1 saturated heterocycles. The van der Waals surface area contributed by atoms with Crippen LogP contribution in [0.3, 0.4) is 0 Å². The van der Waals surface area contributed by atoms with E-state index in [4.69, 9.17) is 21.1 Å². The summed E-state index contributed by atoms with van der Waals surface area (Å²) in [6, 6.07) is 21.0. The number of nitrogens with zero attached hydrogens (tertiary/aromatic N) is 3. The molecule has 38 heavy (non-hydrogen) atoms. The minimum atomic E-state index is -0.280. The van der Waals surface area contributed by atoms with Gasteiger partial charge in [-0.25, -0.2) is 0 Å². The van der Waals surface area contributed by atoms with E-state index < -0.39 is 0 Å². The van der Waals surface area contributed by atoms with Gasteiger partial charge >= 0.3 is 0 Å². The Kier molecular flexibility index (Phi) is 7.67. The van der Waals surface area contributed by atoms with Gasteiger partial charge in [-0.3, -0.25) is 19.4 Å². The zero-order valence-electron chi connectivity index (χ0n) is 21.5. The van der Waals surface area contributed by atoms with Crippen molar-refractivity contribution in [3.63, 3.8) is 0 Å². The van der Waals surface area contributed by atoms with Crippen molar-refractivity contribution in [3.8, 4) is 11.5 Å². The molecule has 0 unspecified atom stereocenters. The van der Waals surface area contributed by atoms with Gasteiger partial charge in [-0.05, 0) is 41.5 Å². The van der Waals surface area contributed by atoms with Crippen LogP contribution in [0.1, 0.15) is 31.8 Å². The lowest BCUT2D eigenvalue weighted by Gasteiger charge is -2.36. The Hall–Kier alpha value is -3.81. The molecule has 0 radical (unpaired) electrons. The van der Waals surface area contributed by atoms with E-state index in [0.717, 1.165) is 48.0 Å². The fourth-order valence-electron chi connectivity index (χ4n) is 5.02. The van der Waals surface area contributed by atoms with E-state index in [1.165, 1.54) is 4.90 Å². The van der Waals surface area contributed by atoms with E-state index in [1.807, 2.05) is 54.6 Å². The average molecular weight is 532 g/mol. The number of carbonyl (C=O) groups excluding carboxylic acids is 2. The number of ether oxygens (including phenoxy) is 2. The van der Waals surface area contributed by atoms with Gasteiger partial charge in [0.2, 0.25) is 0 Å². The molecule has 2 aliphatic heterocycles. The third-order valence-electron chi connectivity index (χ3n) is 6.98. The van der Waals surface area contributed by atoms with Crippen LogP contribution < -0.4 is 14.4 Å². The largest absolute Gasteiger partial charge is 0.493 e. The Morgan fingerprint density at radius 2 is 1.61 bits per heavy atom. The number of imide groups is 1. The van der Waals surface area contributed by atoms with Crippen LogP contribution in [0.4, 0.5) is 5.69 Å². The van der Waals surface area contributed by atoms with E-state index in [2.05, 4.69) is 9.80 Å². The van der Waals surface area contributed by atoms with E-state index in [0.29, 0.717) is 29.2 Å². The van der Waals surface area contributed by atoms with Gasteiger partial charge < -0.3 is 14.4 Å². The number of halogens is 1. The summed E-state index contributed by atoms with van der Waals surface area (Å²) < 4.78 is 10.7. The Bertz CT molecular complexity index is 1370.